The van der Waals surface area contributed by atoms with Crippen molar-refractivity contribution in [1.82, 2.24) is 0 Å². The normalized spacial score (nSPS) is 16.9. The predicted octanol–water partition coefficient (Wildman–Crippen LogP) is 2.44. The van der Waals surface area contributed by atoms with Crippen LogP contribution in [0.2, 0.25) is 0 Å². The van der Waals surface area contributed by atoms with Gasteiger partial charge in [0.1, 0.15) is 4.88 Å². The van der Waals surface area contributed by atoms with Crippen molar-refractivity contribution >= 4 is 33.0 Å². The second kappa shape index (κ2) is 4.89. The molecule has 0 unspecified atom stereocenters. The molecule has 0 radical (unpaired) electrons. The van der Waals surface area contributed by atoms with Crippen LogP contribution in [0, 0.1) is 6.92 Å². The molecule has 0 spiro atoms. The molecule has 0 aromatic carbocycles. The van der Waals surface area contributed by atoms with Crippen molar-refractivity contribution in [3.63, 3.8) is 0 Å². The van der Waals surface area contributed by atoms with Crippen LogP contribution in [0.25, 0.3) is 0 Å². The topological polar surface area (TPSA) is 83.5 Å². The Kier molecular flexibility index (Phi) is 3.63. The van der Waals surface area contributed by atoms with E-state index in [1.807, 2.05) is 0 Å². The lowest BCUT2D eigenvalue weighted by Crippen LogP contribution is -2.26. The van der Waals surface area contributed by atoms with Crippen LogP contribution in [0.1, 0.15) is 40.9 Å². The van der Waals surface area contributed by atoms with Gasteiger partial charge in [0.15, 0.2) is 0 Å². The fraction of sp³-hybridized carbons (Fsp3) is 0.545. The molecule has 0 atom stereocenters. The molecule has 1 aromatic heterocycles. The monoisotopic (exact) mass is 289 g/mol. The van der Waals surface area contributed by atoms with Gasteiger partial charge in [-0.05, 0) is 30.7 Å². The Morgan fingerprint density at radius 2 is 2.06 bits per heavy atom. The summed E-state index contributed by atoms with van der Waals surface area (Å²) in [6.07, 6.45) is 3.14. The van der Waals surface area contributed by atoms with Gasteiger partial charge in [-0.2, -0.15) is 0 Å². The first kappa shape index (κ1) is 13.4. The van der Waals surface area contributed by atoms with Crippen LogP contribution in [0.4, 0.5) is 5.69 Å². The number of sulfonamides is 1. The van der Waals surface area contributed by atoms with Gasteiger partial charge in [0.2, 0.25) is 10.0 Å². The second-order valence-corrected chi connectivity index (χ2v) is 7.32. The first-order chi connectivity index (χ1) is 8.42. The van der Waals surface area contributed by atoms with E-state index in [0.717, 1.165) is 24.2 Å². The molecule has 1 aliphatic carbocycles. The highest BCUT2D eigenvalue weighted by atomic mass is 32.2. The summed E-state index contributed by atoms with van der Waals surface area (Å²) in [5, 5.41) is 10.3. The number of thiophene rings is 1. The smallest absolute Gasteiger partial charge is 0.348 e. The molecular weight excluding hydrogens is 274 g/mol. The van der Waals surface area contributed by atoms with Gasteiger partial charge in [0.05, 0.1) is 10.9 Å². The highest BCUT2D eigenvalue weighted by molar-refractivity contribution is 7.93. The Morgan fingerprint density at radius 1 is 1.44 bits per heavy atom. The van der Waals surface area contributed by atoms with Crippen LogP contribution in [-0.4, -0.2) is 24.7 Å². The maximum absolute atomic E-state index is 12.1. The van der Waals surface area contributed by atoms with Gasteiger partial charge in [-0.25, -0.2) is 13.2 Å². The molecular formula is C11H15NO4S2. The van der Waals surface area contributed by atoms with Crippen LogP contribution >= 0.6 is 11.3 Å². The summed E-state index contributed by atoms with van der Waals surface area (Å²) >= 11 is 1.04. The fourth-order valence-corrected chi connectivity index (χ4v) is 4.73. The quantitative estimate of drug-likeness (QED) is 0.891. The van der Waals surface area contributed by atoms with E-state index >= 15 is 0 Å². The number of carboxylic acid groups (broad SMARTS) is 1. The molecule has 1 saturated carbocycles. The molecule has 5 nitrogen and oxygen atoms in total. The van der Waals surface area contributed by atoms with Crippen molar-refractivity contribution in [2.24, 2.45) is 0 Å². The molecule has 0 amide bonds. The minimum Gasteiger partial charge on any atom is -0.477 e. The van der Waals surface area contributed by atoms with Crippen LogP contribution < -0.4 is 4.72 Å². The standard InChI is InChI=1S/C11H15NO4S2/c1-7-6-17-10(11(13)14)9(7)12-18(15,16)8-4-2-3-5-8/h6,8,12H,2-5H2,1H3,(H,13,14). The van der Waals surface area contributed by atoms with Gasteiger partial charge in [-0.1, -0.05) is 12.8 Å². The third-order valence-electron chi connectivity index (χ3n) is 3.15. The van der Waals surface area contributed by atoms with E-state index in [9.17, 15) is 13.2 Å². The van der Waals surface area contributed by atoms with Crippen molar-refractivity contribution in [2.45, 2.75) is 37.9 Å². The van der Waals surface area contributed by atoms with Crippen molar-refractivity contribution in [3.05, 3.63) is 15.8 Å². The van der Waals surface area contributed by atoms with E-state index in [0.29, 0.717) is 18.4 Å². The number of carbonyl (C=O) groups is 1. The summed E-state index contributed by atoms with van der Waals surface area (Å²) < 4.78 is 26.7. The Bertz CT molecular complexity index is 556. The van der Waals surface area contributed by atoms with Gasteiger partial charge in [0, 0.05) is 0 Å². The molecule has 0 bridgehead atoms. The van der Waals surface area contributed by atoms with Crippen LogP contribution in [0.3, 0.4) is 0 Å². The highest BCUT2D eigenvalue weighted by Crippen LogP contribution is 2.31. The first-order valence-corrected chi connectivity index (χ1v) is 8.17. The number of aryl methyl sites for hydroxylation is 1. The number of rotatable bonds is 4. The van der Waals surface area contributed by atoms with E-state index in [-0.39, 0.29) is 10.6 Å². The molecule has 1 aromatic rings. The van der Waals surface area contributed by atoms with E-state index in [2.05, 4.69) is 4.72 Å². The zero-order chi connectivity index (χ0) is 13.3. The molecule has 1 aliphatic rings. The van der Waals surface area contributed by atoms with Crippen molar-refractivity contribution in [1.29, 1.82) is 0 Å². The van der Waals surface area contributed by atoms with E-state index in [1.54, 1.807) is 12.3 Å². The first-order valence-electron chi connectivity index (χ1n) is 5.75. The Morgan fingerprint density at radius 3 is 2.61 bits per heavy atom. The molecule has 7 heteroatoms. The molecule has 1 heterocycles. The lowest BCUT2D eigenvalue weighted by atomic mass is 10.3. The van der Waals surface area contributed by atoms with Gasteiger partial charge in [0.25, 0.3) is 0 Å². The summed E-state index contributed by atoms with van der Waals surface area (Å²) in [6, 6.07) is 0. The van der Waals surface area contributed by atoms with Gasteiger partial charge < -0.3 is 5.11 Å². The Balaban J connectivity index is 2.28. The Hall–Kier alpha value is -1.08. The van der Waals surface area contributed by atoms with E-state index < -0.39 is 21.2 Å². The number of hydrogen-bond donors (Lipinski definition) is 2. The highest BCUT2D eigenvalue weighted by Gasteiger charge is 2.30. The van der Waals surface area contributed by atoms with Gasteiger partial charge >= 0.3 is 5.97 Å². The second-order valence-electron chi connectivity index (χ2n) is 4.48. The van der Waals surface area contributed by atoms with E-state index in [4.69, 9.17) is 5.11 Å². The molecule has 100 valence electrons. The SMILES string of the molecule is Cc1csc(C(=O)O)c1NS(=O)(=O)C1CCCC1. The summed E-state index contributed by atoms with van der Waals surface area (Å²) in [7, 11) is -3.47. The molecule has 0 aliphatic heterocycles. The number of carboxylic acids is 1. The average molecular weight is 289 g/mol. The number of hydrogen-bond acceptors (Lipinski definition) is 4. The zero-order valence-corrected chi connectivity index (χ0v) is 11.6. The third kappa shape index (κ3) is 2.51. The third-order valence-corrected chi connectivity index (χ3v) is 6.08. The molecule has 2 N–H and O–H groups in total. The summed E-state index contributed by atoms with van der Waals surface area (Å²) in [6.45, 7) is 1.70. The average Bonchev–Trinajstić information content (AvgIpc) is 2.89. The van der Waals surface area contributed by atoms with E-state index in [1.165, 1.54) is 0 Å². The zero-order valence-electron chi connectivity index (χ0n) is 9.97. The van der Waals surface area contributed by atoms with Crippen LogP contribution in [0.15, 0.2) is 5.38 Å². The molecule has 2 rings (SSSR count). The molecule has 0 saturated heterocycles. The number of nitrogens with one attached hydrogen (secondary N) is 1. The lowest BCUT2D eigenvalue weighted by molar-refractivity contribution is 0.0703. The number of anilines is 1. The fourth-order valence-electron chi connectivity index (χ4n) is 2.15. The number of aromatic carboxylic acids is 1. The van der Waals surface area contributed by atoms with Crippen LogP contribution in [-0.2, 0) is 10.0 Å². The minimum absolute atomic E-state index is 0.0501. The predicted molar refractivity (Wildman–Crippen MR) is 70.8 cm³/mol. The maximum Gasteiger partial charge on any atom is 0.348 e. The summed E-state index contributed by atoms with van der Waals surface area (Å²) in [5.74, 6) is -1.10. The maximum atomic E-state index is 12.1. The van der Waals surface area contributed by atoms with Gasteiger partial charge in [-0.15, -0.1) is 11.3 Å². The largest absolute Gasteiger partial charge is 0.477 e. The summed E-state index contributed by atoms with van der Waals surface area (Å²) in [4.78, 5) is 11.1. The minimum atomic E-state index is -3.47. The lowest BCUT2D eigenvalue weighted by Gasteiger charge is -2.13. The van der Waals surface area contributed by atoms with Gasteiger partial charge in [-0.3, -0.25) is 4.72 Å². The summed E-state index contributed by atoms with van der Waals surface area (Å²) in [5.41, 5.74) is 0.873. The van der Waals surface area contributed by atoms with Crippen LogP contribution in [0.5, 0.6) is 0 Å². The van der Waals surface area contributed by atoms with Crippen molar-refractivity contribution < 1.29 is 18.3 Å². The Labute approximate surface area is 110 Å². The molecule has 1 fully saturated rings. The van der Waals surface area contributed by atoms with Crippen molar-refractivity contribution in [2.75, 3.05) is 4.72 Å². The van der Waals surface area contributed by atoms with Crippen molar-refractivity contribution in [3.8, 4) is 0 Å². The molecule has 18 heavy (non-hydrogen) atoms.